The summed E-state index contributed by atoms with van der Waals surface area (Å²) in [6, 6.07) is 10.3. The van der Waals surface area contributed by atoms with Gasteiger partial charge in [-0.1, -0.05) is 26.0 Å². The van der Waals surface area contributed by atoms with Crippen LogP contribution in [-0.2, 0) is 19.5 Å². The van der Waals surface area contributed by atoms with Crippen molar-refractivity contribution >= 4 is 12.4 Å². The molecular weight excluding hydrogens is 298 g/mol. The summed E-state index contributed by atoms with van der Waals surface area (Å²) in [5.74, 6) is 1.53. The van der Waals surface area contributed by atoms with E-state index in [1.165, 1.54) is 11.3 Å². The van der Waals surface area contributed by atoms with Gasteiger partial charge in [-0.25, -0.2) is 0 Å². The first-order valence-corrected chi connectivity index (χ1v) is 7.53. The molecule has 0 amide bonds. The van der Waals surface area contributed by atoms with Crippen molar-refractivity contribution in [2.45, 2.75) is 33.4 Å². The van der Waals surface area contributed by atoms with E-state index in [4.69, 9.17) is 4.74 Å². The number of aromatic nitrogens is 2. The Kier molecular flexibility index (Phi) is 7.99. The van der Waals surface area contributed by atoms with Crippen LogP contribution in [0.4, 0.5) is 0 Å². The molecule has 0 radical (unpaired) electrons. The van der Waals surface area contributed by atoms with Gasteiger partial charge in [-0.3, -0.25) is 4.68 Å². The number of rotatable bonds is 8. The van der Waals surface area contributed by atoms with Crippen LogP contribution in [0.1, 0.15) is 25.1 Å². The van der Waals surface area contributed by atoms with E-state index >= 15 is 0 Å². The Bertz CT molecular complexity index is 554. The van der Waals surface area contributed by atoms with Crippen molar-refractivity contribution in [2.24, 2.45) is 5.92 Å². The molecule has 0 atom stereocenters. The fourth-order valence-corrected chi connectivity index (χ4v) is 2.30. The first kappa shape index (κ1) is 18.5. The molecule has 5 heteroatoms. The molecule has 0 fully saturated rings. The Hall–Kier alpha value is -1.52. The summed E-state index contributed by atoms with van der Waals surface area (Å²) in [5.41, 5.74) is 2.53. The quantitative estimate of drug-likeness (QED) is 0.758. The molecule has 0 saturated heterocycles. The summed E-state index contributed by atoms with van der Waals surface area (Å²) in [6.45, 7) is 7.19. The molecule has 1 heterocycles. The summed E-state index contributed by atoms with van der Waals surface area (Å²) in [4.78, 5) is 0. The van der Waals surface area contributed by atoms with E-state index < -0.39 is 0 Å². The van der Waals surface area contributed by atoms with Crippen molar-refractivity contribution in [3.63, 3.8) is 0 Å². The van der Waals surface area contributed by atoms with Crippen LogP contribution in [-0.4, -0.2) is 23.4 Å². The molecule has 0 bridgehead atoms. The lowest BCUT2D eigenvalue weighted by Gasteiger charge is -2.11. The molecule has 1 aromatic heterocycles. The monoisotopic (exact) mass is 323 g/mol. The molecule has 0 aliphatic rings. The van der Waals surface area contributed by atoms with Crippen LogP contribution in [0.25, 0.3) is 0 Å². The zero-order valence-electron chi connectivity index (χ0n) is 13.6. The third-order valence-corrected chi connectivity index (χ3v) is 3.37. The number of nitrogens with zero attached hydrogens (tertiary/aromatic N) is 2. The van der Waals surface area contributed by atoms with Crippen LogP contribution < -0.4 is 10.1 Å². The Morgan fingerprint density at radius 1 is 1.27 bits per heavy atom. The second-order valence-electron chi connectivity index (χ2n) is 5.68. The Morgan fingerprint density at radius 2 is 2.09 bits per heavy atom. The van der Waals surface area contributed by atoms with Crippen molar-refractivity contribution in [2.75, 3.05) is 13.7 Å². The van der Waals surface area contributed by atoms with E-state index in [2.05, 4.69) is 47.1 Å². The first-order chi connectivity index (χ1) is 10.2. The molecule has 0 unspecified atom stereocenters. The van der Waals surface area contributed by atoms with Crippen LogP contribution in [0.5, 0.6) is 5.75 Å². The van der Waals surface area contributed by atoms with Gasteiger partial charge in [-0.05, 0) is 42.6 Å². The Morgan fingerprint density at radius 3 is 2.82 bits per heavy atom. The summed E-state index contributed by atoms with van der Waals surface area (Å²) in [5, 5.41) is 7.86. The minimum atomic E-state index is 0. The molecular formula is C17H26ClN3O. The second-order valence-corrected chi connectivity index (χ2v) is 5.68. The first-order valence-electron chi connectivity index (χ1n) is 7.53. The number of hydrogen-bond donors (Lipinski definition) is 1. The maximum atomic E-state index is 5.24. The Labute approximate surface area is 139 Å². The lowest BCUT2D eigenvalue weighted by molar-refractivity contribution is 0.414. The zero-order valence-corrected chi connectivity index (χ0v) is 14.4. The van der Waals surface area contributed by atoms with Gasteiger partial charge >= 0.3 is 0 Å². The van der Waals surface area contributed by atoms with Gasteiger partial charge in [0.1, 0.15) is 5.75 Å². The minimum Gasteiger partial charge on any atom is -0.497 e. The van der Waals surface area contributed by atoms with Gasteiger partial charge in [-0.15, -0.1) is 12.4 Å². The van der Waals surface area contributed by atoms with E-state index in [-0.39, 0.29) is 12.4 Å². The number of nitrogens with one attached hydrogen (secondary N) is 1. The predicted octanol–water partition coefficient (Wildman–Crippen LogP) is 3.30. The van der Waals surface area contributed by atoms with E-state index in [0.717, 1.165) is 31.8 Å². The van der Waals surface area contributed by atoms with Gasteiger partial charge < -0.3 is 10.1 Å². The van der Waals surface area contributed by atoms with Gasteiger partial charge in [0.2, 0.25) is 0 Å². The number of ether oxygens (including phenoxy) is 1. The van der Waals surface area contributed by atoms with E-state index in [1.807, 2.05) is 18.3 Å². The van der Waals surface area contributed by atoms with E-state index in [9.17, 15) is 0 Å². The third-order valence-electron chi connectivity index (χ3n) is 3.37. The average molecular weight is 324 g/mol. The van der Waals surface area contributed by atoms with Crippen LogP contribution in [0.2, 0.25) is 0 Å². The summed E-state index contributed by atoms with van der Waals surface area (Å²) in [7, 11) is 1.70. The number of benzene rings is 1. The minimum absolute atomic E-state index is 0. The lowest BCUT2D eigenvalue weighted by Crippen LogP contribution is -2.20. The molecule has 0 spiro atoms. The van der Waals surface area contributed by atoms with Crippen LogP contribution in [0.3, 0.4) is 0 Å². The lowest BCUT2D eigenvalue weighted by atomic mass is 10.1. The summed E-state index contributed by atoms with van der Waals surface area (Å²) in [6.07, 6.45) is 2.87. The molecule has 22 heavy (non-hydrogen) atoms. The molecule has 4 nitrogen and oxygen atoms in total. The van der Waals surface area contributed by atoms with Crippen LogP contribution >= 0.6 is 12.4 Å². The topological polar surface area (TPSA) is 39.1 Å². The molecule has 0 aliphatic heterocycles. The highest BCUT2D eigenvalue weighted by Gasteiger charge is 2.04. The maximum Gasteiger partial charge on any atom is 0.119 e. The van der Waals surface area contributed by atoms with Gasteiger partial charge in [0.15, 0.2) is 0 Å². The standard InChI is InChI=1S/C17H25N3O.ClH/c1-14(2)13-20-16(8-10-19-20)12-18-9-7-15-5-4-6-17(11-15)21-3;/h4-6,8,10-11,14,18H,7,9,12-13H2,1-3H3;1H. The number of methoxy groups -OCH3 is 1. The average Bonchev–Trinajstić information content (AvgIpc) is 2.90. The van der Waals surface area contributed by atoms with Crippen LogP contribution in [0.15, 0.2) is 36.5 Å². The molecule has 122 valence electrons. The fraction of sp³-hybridized carbons (Fsp3) is 0.471. The highest BCUT2D eigenvalue weighted by atomic mass is 35.5. The highest BCUT2D eigenvalue weighted by Crippen LogP contribution is 2.12. The molecule has 0 aliphatic carbocycles. The van der Waals surface area contributed by atoms with Gasteiger partial charge in [0.05, 0.1) is 12.8 Å². The fourth-order valence-electron chi connectivity index (χ4n) is 2.30. The second kappa shape index (κ2) is 9.49. The third kappa shape index (κ3) is 5.70. The molecule has 1 aromatic carbocycles. The van der Waals surface area contributed by atoms with Crippen molar-refractivity contribution in [1.29, 1.82) is 0 Å². The van der Waals surface area contributed by atoms with Gasteiger partial charge in [-0.2, -0.15) is 5.10 Å². The summed E-state index contributed by atoms with van der Waals surface area (Å²) < 4.78 is 7.33. The smallest absolute Gasteiger partial charge is 0.119 e. The van der Waals surface area contributed by atoms with Crippen LogP contribution in [0, 0.1) is 5.92 Å². The Balaban J connectivity index is 0.00000242. The van der Waals surface area contributed by atoms with E-state index in [1.54, 1.807) is 7.11 Å². The molecule has 2 aromatic rings. The van der Waals surface area contributed by atoms with Gasteiger partial charge in [0, 0.05) is 19.3 Å². The van der Waals surface area contributed by atoms with E-state index in [0.29, 0.717) is 5.92 Å². The zero-order chi connectivity index (χ0) is 15.1. The molecule has 1 N–H and O–H groups in total. The maximum absolute atomic E-state index is 5.24. The van der Waals surface area contributed by atoms with Crippen molar-refractivity contribution in [3.05, 3.63) is 47.8 Å². The van der Waals surface area contributed by atoms with Crippen molar-refractivity contribution in [1.82, 2.24) is 15.1 Å². The predicted molar refractivity (Wildman–Crippen MR) is 92.7 cm³/mol. The molecule has 2 rings (SSSR count). The summed E-state index contributed by atoms with van der Waals surface area (Å²) >= 11 is 0. The van der Waals surface area contributed by atoms with Crippen molar-refractivity contribution in [3.8, 4) is 5.75 Å². The number of hydrogen-bond acceptors (Lipinski definition) is 3. The number of halogens is 1. The highest BCUT2D eigenvalue weighted by molar-refractivity contribution is 5.85. The largest absolute Gasteiger partial charge is 0.497 e. The van der Waals surface area contributed by atoms with Crippen molar-refractivity contribution < 1.29 is 4.74 Å². The van der Waals surface area contributed by atoms with Gasteiger partial charge in [0.25, 0.3) is 0 Å². The molecule has 0 saturated carbocycles. The SMILES string of the molecule is COc1cccc(CCNCc2ccnn2CC(C)C)c1.Cl. The normalized spacial score (nSPS) is 10.5.